The summed E-state index contributed by atoms with van der Waals surface area (Å²) in [6.45, 7) is 0. The van der Waals surface area contributed by atoms with Crippen LogP contribution in [-0.4, -0.2) is 14.5 Å². The molecule has 0 radical (unpaired) electrons. The van der Waals surface area contributed by atoms with Crippen molar-refractivity contribution in [3.63, 3.8) is 0 Å². The zero-order valence-electron chi connectivity index (χ0n) is 32.3. The lowest BCUT2D eigenvalue weighted by Gasteiger charge is -2.13. The van der Waals surface area contributed by atoms with E-state index >= 15 is 0 Å². The maximum absolute atomic E-state index is 5.29. The van der Waals surface area contributed by atoms with Crippen molar-refractivity contribution >= 4 is 96.5 Å². The first-order chi connectivity index (χ1) is 29.7. The van der Waals surface area contributed by atoms with Crippen LogP contribution in [0.3, 0.4) is 0 Å². The molecule has 0 aliphatic carbocycles. The number of para-hydroxylation sites is 1. The van der Waals surface area contributed by atoms with Crippen LogP contribution < -0.4 is 0 Å². The lowest BCUT2D eigenvalue weighted by atomic mass is 9.99. The van der Waals surface area contributed by atoms with Crippen molar-refractivity contribution in [2.75, 3.05) is 0 Å². The Bertz CT molecular complexity index is 3880. The standard InChI is InChI=1S/C56H33N3S/c1-2-13-39-33-40(26-23-34(39)11-1)52-47-32-29-37-12-3-4-14-42(37)53(47)58-56(57-52)38-24-21-35(22-25-38)36-27-30-41(31-28-36)59-48-19-9-7-17-45(48)50-43-15-5-6-16-44(43)51-46-18-8-10-20-49(46)60-55(51)54(50)59/h1-33H. The molecule has 10 aromatic carbocycles. The molecule has 0 amide bonds. The Hall–Kier alpha value is -7.66. The zero-order valence-corrected chi connectivity index (χ0v) is 33.1. The van der Waals surface area contributed by atoms with Crippen molar-refractivity contribution in [2.45, 2.75) is 0 Å². The SMILES string of the molecule is c1ccc2cc(-c3nc(-c4ccc(-c5ccc(-n6c7ccccc7c7c8ccccc8c8c9ccccc9sc8c76)cc5)cc4)nc4c3ccc3ccccc34)ccc2c1. The van der Waals surface area contributed by atoms with Gasteiger partial charge in [0, 0.05) is 53.8 Å². The van der Waals surface area contributed by atoms with Gasteiger partial charge in [0.05, 0.1) is 26.9 Å². The van der Waals surface area contributed by atoms with Gasteiger partial charge in [-0.2, -0.15) is 0 Å². The van der Waals surface area contributed by atoms with E-state index in [4.69, 9.17) is 9.97 Å². The Balaban J connectivity index is 0.934. The normalized spacial score (nSPS) is 12.0. The monoisotopic (exact) mass is 779 g/mol. The van der Waals surface area contributed by atoms with E-state index in [0.29, 0.717) is 0 Å². The summed E-state index contributed by atoms with van der Waals surface area (Å²) >= 11 is 1.90. The minimum Gasteiger partial charge on any atom is -0.308 e. The number of rotatable bonds is 4. The molecule has 0 bridgehead atoms. The molecule has 0 saturated heterocycles. The van der Waals surface area contributed by atoms with Gasteiger partial charge in [-0.1, -0.05) is 164 Å². The number of thiophene rings is 1. The van der Waals surface area contributed by atoms with Gasteiger partial charge in [-0.3, -0.25) is 0 Å². The molecule has 0 spiro atoms. The summed E-state index contributed by atoms with van der Waals surface area (Å²) in [5.41, 5.74) is 9.91. The molecule has 0 saturated carbocycles. The topological polar surface area (TPSA) is 30.7 Å². The van der Waals surface area contributed by atoms with Crippen LogP contribution in [-0.2, 0) is 0 Å². The van der Waals surface area contributed by atoms with E-state index in [1.54, 1.807) is 0 Å². The van der Waals surface area contributed by atoms with Crippen LogP contribution in [0.5, 0.6) is 0 Å². The van der Waals surface area contributed by atoms with Crippen molar-refractivity contribution in [3.05, 3.63) is 200 Å². The Morgan fingerprint density at radius 1 is 0.383 bits per heavy atom. The molecule has 0 aliphatic rings. The van der Waals surface area contributed by atoms with Crippen LogP contribution in [0.25, 0.3) is 125 Å². The molecule has 13 aromatic rings. The van der Waals surface area contributed by atoms with E-state index in [1.165, 1.54) is 68.9 Å². The summed E-state index contributed by atoms with van der Waals surface area (Å²) in [5, 5.41) is 13.6. The van der Waals surface area contributed by atoms with E-state index in [-0.39, 0.29) is 0 Å². The Labute approximate surface area is 349 Å². The molecular formula is C56H33N3S. The largest absolute Gasteiger partial charge is 0.308 e. The number of hydrogen-bond donors (Lipinski definition) is 0. The van der Waals surface area contributed by atoms with Gasteiger partial charge in [-0.15, -0.1) is 11.3 Å². The molecule has 3 nitrogen and oxygen atoms in total. The highest BCUT2D eigenvalue weighted by Gasteiger charge is 2.22. The minimum atomic E-state index is 0.718. The minimum absolute atomic E-state index is 0.718. The highest BCUT2D eigenvalue weighted by Crippen LogP contribution is 2.48. The first-order valence-corrected chi connectivity index (χ1v) is 21.2. The Morgan fingerprint density at radius 3 is 1.77 bits per heavy atom. The van der Waals surface area contributed by atoms with Gasteiger partial charge in [0.25, 0.3) is 0 Å². The van der Waals surface area contributed by atoms with Crippen molar-refractivity contribution in [1.29, 1.82) is 0 Å². The molecular weight excluding hydrogens is 747 g/mol. The smallest absolute Gasteiger partial charge is 0.160 e. The van der Waals surface area contributed by atoms with Crippen LogP contribution >= 0.6 is 11.3 Å². The summed E-state index contributed by atoms with van der Waals surface area (Å²) in [5.74, 6) is 0.718. The van der Waals surface area contributed by atoms with Gasteiger partial charge >= 0.3 is 0 Å². The van der Waals surface area contributed by atoms with Crippen LogP contribution in [0.2, 0.25) is 0 Å². The summed E-state index contributed by atoms with van der Waals surface area (Å²) in [6, 6.07) is 72.4. The van der Waals surface area contributed by atoms with Crippen LogP contribution in [0.15, 0.2) is 200 Å². The molecule has 13 rings (SSSR count). The maximum atomic E-state index is 5.29. The van der Waals surface area contributed by atoms with Gasteiger partial charge in [0.15, 0.2) is 5.82 Å². The first-order valence-electron chi connectivity index (χ1n) is 20.4. The van der Waals surface area contributed by atoms with Crippen molar-refractivity contribution in [2.24, 2.45) is 0 Å². The quantitative estimate of drug-likeness (QED) is 0.167. The van der Waals surface area contributed by atoms with Gasteiger partial charge < -0.3 is 4.57 Å². The second-order valence-corrected chi connectivity index (χ2v) is 16.7. The van der Waals surface area contributed by atoms with Crippen molar-refractivity contribution < 1.29 is 0 Å². The molecule has 3 heterocycles. The molecule has 0 aliphatic heterocycles. The zero-order chi connectivity index (χ0) is 39.3. The van der Waals surface area contributed by atoms with Gasteiger partial charge in [-0.25, -0.2) is 9.97 Å². The number of nitrogens with zero attached hydrogens (tertiary/aromatic N) is 3. The first kappa shape index (κ1) is 33.3. The fraction of sp³-hybridized carbons (Fsp3) is 0. The summed E-state index contributed by atoms with van der Waals surface area (Å²) < 4.78 is 5.12. The number of aromatic nitrogens is 3. The summed E-state index contributed by atoms with van der Waals surface area (Å²) in [7, 11) is 0. The molecule has 0 atom stereocenters. The third kappa shape index (κ3) is 4.95. The third-order valence-electron chi connectivity index (χ3n) is 12.4. The lowest BCUT2D eigenvalue weighted by molar-refractivity contribution is 1.19. The average Bonchev–Trinajstić information content (AvgIpc) is 3.88. The fourth-order valence-corrected chi connectivity index (χ4v) is 10.8. The van der Waals surface area contributed by atoms with Crippen molar-refractivity contribution in [1.82, 2.24) is 14.5 Å². The third-order valence-corrected chi connectivity index (χ3v) is 13.5. The van der Waals surface area contributed by atoms with E-state index in [9.17, 15) is 0 Å². The summed E-state index contributed by atoms with van der Waals surface area (Å²) in [4.78, 5) is 10.5. The van der Waals surface area contributed by atoms with Crippen LogP contribution in [0.4, 0.5) is 0 Å². The highest BCUT2D eigenvalue weighted by atomic mass is 32.1. The van der Waals surface area contributed by atoms with E-state index < -0.39 is 0 Å². The lowest BCUT2D eigenvalue weighted by Crippen LogP contribution is -1.96. The van der Waals surface area contributed by atoms with Crippen LogP contribution in [0, 0.1) is 0 Å². The summed E-state index contributed by atoms with van der Waals surface area (Å²) in [6.07, 6.45) is 0. The molecule has 0 unspecified atom stereocenters. The van der Waals surface area contributed by atoms with Gasteiger partial charge in [-0.05, 0) is 74.5 Å². The predicted octanol–water partition coefficient (Wildman–Crippen LogP) is 15.6. The Morgan fingerprint density at radius 2 is 0.967 bits per heavy atom. The average molecular weight is 780 g/mol. The molecule has 0 N–H and O–H groups in total. The highest BCUT2D eigenvalue weighted by molar-refractivity contribution is 7.27. The molecule has 4 heteroatoms. The second kappa shape index (κ2) is 12.9. The predicted molar refractivity (Wildman–Crippen MR) is 256 cm³/mol. The van der Waals surface area contributed by atoms with Gasteiger partial charge in [0.1, 0.15) is 0 Å². The molecule has 3 aromatic heterocycles. The van der Waals surface area contributed by atoms with E-state index in [2.05, 4.69) is 205 Å². The second-order valence-electron chi connectivity index (χ2n) is 15.7. The molecule has 0 fully saturated rings. The number of hydrogen-bond acceptors (Lipinski definition) is 3. The maximum Gasteiger partial charge on any atom is 0.160 e. The number of fused-ring (bicyclic) bond motifs is 14. The van der Waals surface area contributed by atoms with Crippen molar-refractivity contribution in [3.8, 4) is 39.5 Å². The van der Waals surface area contributed by atoms with Crippen LogP contribution in [0.1, 0.15) is 0 Å². The molecule has 60 heavy (non-hydrogen) atoms. The van der Waals surface area contributed by atoms with E-state index in [0.717, 1.165) is 55.7 Å². The van der Waals surface area contributed by atoms with E-state index in [1.807, 2.05) is 11.3 Å². The number of benzene rings is 10. The van der Waals surface area contributed by atoms with Gasteiger partial charge in [0.2, 0.25) is 0 Å². The Kier molecular flexibility index (Phi) is 7.18. The molecule has 278 valence electrons. The fourth-order valence-electron chi connectivity index (χ4n) is 9.56.